The fraction of sp³-hybridized carbons (Fsp3) is 0.917. The summed E-state index contributed by atoms with van der Waals surface area (Å²) in [6, 6.07) is 0.700. The first kappa shape index (κ1) is 14.7. The normalized spacial score (nSPS) is 25.5. The topological polar surface area (TPSA) is 43.8 Å². The zero-order valence-electron chi connectivity index (χ0n) is 10.5. The van der Waals surface area contributed by atoms with Gasteiger partial charge >= 0.3 is 5.97 Å². The van der Waals surface area contributed by atoms with E-state index < -0.39 is 5.97 Å². The number of rotatable bonds is 2. The van der Waals surface area contributed by atoms with Crippen LogP contribution >= 0.6 is 12.4 Å². The molecule has 2 saturated heterocycles. The van der Waals surface area contributed by atoms with E-state index in [1.54, 1.807) is 0 Å². The van der Waals surface area contributed by atoms with Crippen LogP contribution in [0.3, 0.4) is 0 Å². The first-order valence-corrected chi connectivity index (χ1v) is 6.32. The Kier molecular flexibility index (Phi) is 5.70. The van der Waals surface area contributed by atoms with Crippen molar-refractivity contribution in [3.8, 4) is 0 Å². The summed E-state index contributed by atoms with van der Waals surface area (Å²) >= 11 is 0. The highest BCUT2D eigenvalue weighted by molar-refractivity contribution is 5.85. The number of carbonyl (C=O) groups is 1. The van der Waals surface area contributed by atoms with E-state index in [0.29, 0.717) is 6.04 Å². The Bertz CT molecular complexity index is 247. The standard InChI is InChI=1S/C12H22N2O2.ClH/c1-13-6-4-11(5-7-13)14-8-2-10(3-9-14)12(15)16;/h10-11H,2-9H2,1H3,(H,15,16);1H. The first-order chi connectivity index (χ1) is 7.66. The lowest BCUT2D eigenvalue weighted by Crippen LogP contribution is -2.47. The third-order valence-corrected chi connectivity index (χ3v) is 4.08. The summed E-state index contributed by atoms with van der Waals surface area (Å²) in [4.78, 5) is 15.7. The number of halogens is 1. The number of aliphatic carboxylic acids is 1. The van der Waals surface area contributed by atoms with E-state index in [0.717, 1.165) is 25.9 Å². The highest BCUT2D eigenvalue weighted by Gasteiger charge is 2.29. The van der Waals surface area contributed by atoms with Crippen LogP contribution in [0.5, 0.6) is 0 Å². The van der Waals surface area contributed by atoms with Crippen LogP contribution in [0.15, 0.2) is 0 Å². The molecule has 2 fully saturated rings. The second-order valence-corrected chi connectivity index (χ2v) is 5.18. The molecule has 0 aromatic rings. The van der Waals surface area contributed by atoms with E-state index in [9.17, 15) is 4.79 Å². The van der Waals surface area contributed by atoms with Gasteiger partial charge in [-0.15, -0.1) is 12.4 Å². The molecule has 2 rings (SSSR count). The van der Waals surface area contributed by atoms with Crippen molar-refractivity contribution in [2.24, 2.45) is 5.92 Å². The number of carboxylic acid groups (broad SMARTS) is 1. The van der Waals surface area contributed by atoms with Gasteiger partial charge in [-0.2, -0.15) is 0 Å². The quantitative estimate of drug-likeness (QED) is 0.815. The van der Waals surface area contributed by atoms with Crippen LogP contribution in [0.1, 0.15) is 25.7 Å². The molecule has 0 aliphatic carbocycles. The van der Waals surface area contributed by atoms with Gasteiger partial charge in [0.2, 0.25) is 0 Å². The van der Waals surface area contributed by atoms with E-state index >= 15 is 0 Å². The number of piperidine rings is 2. The number of hydrogen-bond acceptors (Lipinski definition) is 3. The van der Waals surface area contributed by atoms with Gasteiger partial charge in [-0.05, 0) is 58.9 Å². The Morgan fingerprint density at radius 1 is 1.06 bits per heavy atom. The van der Waals surface area contributed by atoms with E-state index in [-0.39, 0.29) is 18.3 Å². The number of likely N-dealkylation sites (tertiary alicyclic amines) is 2. The Morgan fingerprint density at radius 3 is 2.06 bits per heavy atom. The van der Waals surface area contributed by atoms with Gasteiger partial charge in [-0.3, -0.25) is 4.79 Å². The zero-order valence-corrected chi connectivity index (χ0v) is 11.3. The predicted molar refractivity (Wildman–Crippen MR) is 69.7 cm³/mol. The molecule has 0 radical (unpaired) electrons. The molecule has 2 aliphatic heterocycles. The summed E-state index contributed by atoms with van der Waals surface area (Å²) in [5.41, 5.74) is 0. The molecule has 0 aromatic heterocycles. The van der Waals surface area contributed by atoms with Gasteiger partial charge in [0.15, 0.2) is 0 Å². The Balaban J connectivity index is 0.00000144. The maximum absolute atomic E-state index is 10.9. The molecule has 0 saturated carbocycles. The average molecular weight is 263 g/mol. The van der Waals surface area contributed by atoms with Crippen LogP contribution in [0.25, 0.3) is 0 Å². The largest absolute Gasteiger partial charge is 0.481 e. The van der Waals surface area contributed by atoms with Crippen LogP contribution in [-0.4, -0.2) is 60.1 Å². The molecule has 1 N–H and O–H groups in total. The zero-order chi connectivity index (χ0) is 11.5. The van der Waals surface area contributed by atoms with Gasteiger partial charge in [0.05, 0.1) is 5.92 Å². The fourth-order valence-electron chi connectivity index (χ4n) is 2.87. The molecule has 0 spiro atoms. The van der Waals surface area contributed by atoms with Crippen molar-refractivity contribution in [2.75, 3.05) is 33.2 Å². The molecule has 0 bridgehead atoms. The molecular formula is C12H23ClN2O2. The summed E-state index contributed by atoms with van der Waals surface area (Å²) in [7, 11) is 2.17. The Labute approximate surface area is 109 Å². The summed E-state index contributed by atoms with van der Waals surface area (Å²) < 4.78 is 0. The molecule has 0 unspecified atom stereocenters. The number of nitrogens with zero attached hydrogens (tertiary/aromatic N) is 2. The molecule has 5 heteroatoms. The smallest absolute Gasteiger partial charge is 0.306 e. The highest BCUT2D eigenvalue weighted by Crippen LogP contribution is 2.23. The molecule has 2 heterocycles. The summed E-state index contributed by atoms with van der Waals surface area (Å²) in [5, 5.41) is 8.94. The van der Waals surface area contributed by atoms with Crippen LogP contribution in [0, 0.1) is 5.92 Å². The molecule has 0 atom stereocenters. The second-order valence-electron chi connectivity index (χ2n) is 5.18. The van der Waals surface area contributed by atoms with Crippen LogP contribution in [-0.2, 0) is 4.79 Å². The van der Waals surface area contributed by atoms with E-state index in [1.807, 2.05) is 0 Å². The van der Waals surface area contributed by atoms with E-state index in [2.05, 4.69) is 16.8 Å². The minimum Gasteiger partial charge on any atom is -0.481 e. The van der Waals surface area contributed by atoms with Gasteiger partial charge in [0, 0.05) is 6.04 Å². The van der Waals surface area contributed by atoms with Gasteiger partial charge in [-0.1, -0.05) is 0 Å². The lowest BCUT2D eigenvalue weighted by molar-refractivity contribution is -0.143. The summed E-state index contributed by atoms with van der Waals surface area (Å²) in [6.07, 6.45) is 4.16. The predicted octanol–water partition coefficient (Wildman–Crippen LogP) is 1.30. The van der Waals surface area contributed by atoms with Crippen molar-refractivity contribution in [3.63, 3.8) is 0 Å². The number of carboxylic acids is 1. The van der Waals surface area contributed by atoms with Crippen molar-refractivity contribution in [2.45, 2.75) is 31.7 Å². The minimum absolute atomic E-state index is 0. The van der Waals surface area contributed by atoms with E-state index in [4.69, 9.17) is 5.11 Å². The SMILES string of the molecule is CN1CCC(N2CCC(C(=O)O)CC2)CC1.Cl. The number of hydrogen-bond donors (Lipinski definition) is 1. The van der Waals surface area contributed by atoms with Crippen LogP contribution in [0.4, 0.5) is 0 Å². The molecule has 2 aliphatic rings. The van der Waals surface area contributed by atoms with E-state index in [1.165, 1.54) is 25.9 Å². The molecule has 0 amide bonds. The van der Waals surface area contributed by atoms with Gasteiger partial charge in [0.25, 0.3) is 0 Å². The molecule has 0 aromatic carbocycles. The second kappa shape index (κ2) is 6.57. The molecule has 4 nitrogen and oxygen atoms in total. The summed E-state index contributed by atoms with van der Waals surface area (Å²) in [5.74, 6) is -0.703. The minimum atomic E-state index is -0.608. The lowest BCUT2D eigenvalue weighted by Gasteiger charge is -2.40. The summed E-state index contributed by atoms with van der Waals surface area (Å²) in [6.45, 7) is 4.32. The lowest BCUT2D eigenvalue weighted by atomic mass is 9.94. The Hall–Kier alpha value is -0.320. The maximum atomic E-state index is 10.9. The van der Waals surface area contributed by atoms with Gasteiger partial charge in [0.1, 0.15) is 0 Å². The van der Waals surface area contributed by atoms with Crippen molar-refractivity contribution < 1.29 is 9.90 Å². The van der Waals surface area contributed by atoms with Crippen molar-refractivity contribution in [1.29, 1.82) is 0 Å². The van der Waals surface area contributed by atoms with Crippen LogP contribution < -0.4 is 0 Å². The monoisotopic (exact) mass is 262 g/mol. The van der Waals surface area contributed by atoms with Crippen LogP contribution in [0.2, 0.25) is 0 Å². The maximum Gasteiger partial charge on any atom is 0.306 e. The van der Waals surface area contributed by atoms with Crippen molar-refractivity contribution in [1.82, 2.24) is 9.80 Å². The highest BCUT2D eigenvalue weighted by atomic mass is 35.5. The van der Waals surface area contributed by atoms with Gasteiger partial charge < -0.3 is 14.9 Å². The molecule has 100 valence electrons. The Morgan fingerprint density at radius 2 is 1.59 bits per heavy atom. The molecular weight excluding hydrogens is 240 g/mol. The fourth-order valence-corrected chi connectivity index (χ4v) is 2.87. The third kappa shape index (κ3) is 3.83. The first-order valence-electron chi connectivity index (χ1n) is 6.32. The van der Waals surface area contributed by atoms with Crippen molar-refractivity contribution in [3.05, 3.63) is 0 Å². The molecule has 17 heavy (non-hydrogen) atoms. The average Bonchev–Trinajstić information content (AvgIpc) is 2.30. The van der Waals surface area contributed by atoms with Crippen molar-refractivity contribution >= 4 is 18.4 Å². The third-order valence-electron chi connectivity index (χ3n) is 4.08. The van der Waals surface area contributed by atoms with Gasteiger partial charge in [-0.25, -0.2) is 0 Å².